The molecular weight excluding hydrogens is 316 g/mol. The topological polar surface area (TPSA) is 77.4 Å². The van der Waals surface area contributed by atoms with E-state index in [0.717, 1.165) is 50.2 Å². The van der Waals surface area contributed by atoms with E-state index >= 15 is 0 Å². The Morgan fingerprint density at radius 3 is 2.64 bits per heavy atom. The van der Waals surface area contributed by atoms with Crippen molar-refractivity contribution in [3.8, 4) is 5.75 Å². The normalized spacial score (nSPS) is 16.2. The lowest BCUT2D eigenvalue weighted by Crippen LogP contribution is -2.33. The standard InChI is InChI=1S/C19H28N4O2/c1-2-24-17-7-5-15(6-8-17)3-4-16-9-11-23(12-10-16)14-18-21-19(13-20)25-22-18/h5-8,16H,2-4,9-14,20H2,1H3. The zero-order chi connectivity index (χ0) is 17.5. The summed E-state index contributed by atoms with van der Waals surface area (Å²) in [5.74, 6) is 3.01. The van der Waals surface area contributed by atoms with Crippen LogP contribution in [0.1, 0.15) is 43.5 Å². The molecule has 0 aliphatic carbocycles. The molecule has 6 nitrogen and oxygen atoms in total. The van der Waals surface area contributed by atoms with Crippen LogP contribution in [0.5, 0.6) is 5.75 Å². The summed E-state index contributed by atoms with van der Waals surface area (Å²) < 4.78 is 10.6. The van der Waals surface area contributed by atoms with Gasteiger partial charge in [-0.2, -0.15) is 4.98 Å². The Morgan fingerprint density at radius 2 is 2.00 bits per heavy atom. The van der Waals surface area contributed by atoms with E-state index in [1.54, 1.807) is 0 Å². The summed E-state index contributed by atoms with van der Waals surface area (Å²) in [5, 5.41) is 3.98. The molecule has 2 N–H and O–H groups in total. The number of aryl methyl sites for hydroxylation is 1. The third-order valence-electron chi connectivity index (χ3n) is 4.83. The quantitative estimate of drug-likeness (QED) is 0.793. The first kappa shape index (κ1) is 17.9. The Labute approximate surface area is 149 Å². The highest BCUT2D eigenvalue weighted by Crippen LogP contribution is 2.24. The molecule has 0 bridgehead atoms. The van der Waals surface area contributed by atoms with Crippen molar-refractivity contribution >= 4 is 0 Å². The van der Waals surface area contributed by atoms with Gasteiger partial charge in [0, 0.05) is 0 Å². The minimum atomic E-state index is 0.306. The van der Waals surface area contributed by atoms with E-state index in [2.05, 4.69) is 39.3 Å². The van der Waals surface area contributed by atoms with Gasteiger partial charge in [-0.25, -0.2) is 0 Å². The van der Waals surface area contributed by atoms with Crippen LogP contribution in [-0.2, 0) is 19.5 Å². The third-order valence-corrected chi connectivity index (χ3v) is 4.83. The second-order valence-electron chi connectivity index (χ2n) is 6.64. The van der Waals surface area contributed by atoms with Gasteiger partial charge in [0.25, 0.3) is 0 Å². The van der Waals surface area contributed by atoms with E-state index in [4.69, 9.17) is 15.0 Å². The van der Waals surface area contributed by atoms with E-state index in [0.29, 0.717) is 12.4 Å². The Balaban J connectivity index is 1.38. The molecule has 0 amide bonds. The molecule has 1 aromatic heterocycles. The lowest BCUT2D eigenvalue weighted by molar-refractivity contribution is 0.167. The van der Waals surface area contributed by atoms with E-state index in [9.17, 15) is 0 Å². The first-order valence-electron chi connectivity index (χ1n) is 9.22. The average molecular weight is 344 g/mol. The molecule has 2 aromatic rings. The van der Waals surface area contributed by atoms with Crippen molar-refractivity contribution in [2.45, 2.75) is 45.7 Å². The minimum absolute atomic E-state index is 0.306. The fraction of sp³-hybridized carbons (Fsp3) is 0.579. The number of benzene rings is 1. The molecule has 1 aromatic carbocycles. The van der Waals surface area contributed by atoms with Crippen molar-refractivity contribution < 1.29 is 9.26 Å². The lowest BCUT2D eigenvalue weighted by atomic mass is 9.90. The number of aromatic nitrogens is 2. The van der Waals surface area contributed by atoms with Gasteiger partial charge in [-0.3, -0.25) is 4.90 Å². The molecule has 0 radical (unpaired) electrons. The van der Waals surface area contributed by atoms with Gasteiger partial charge in [-0.1, -0.05) is 17.3 Å². The molecule has 136 valence electrons. The third kappa shape index (κ3) is 5.28. The first-order valence-corrected chi connectivity index (χ1v) is 9.22. The number of likely N-dealkylation sites (tertiary alicyclic amines) is 1. The van der Waals surface area contributed by atoms with Gasteiger partial charge >= 0.3 is 0 Å². The van der Waals surface area contributed by atoms with Crippen molar-refractivity contribution in [2.24, 2.45) is 11.7 Å². The van der Waals surface area contributed by atoms with E-state index < -0.39 is 0 Å². The monoisotopic (exact) mass is 344 g/mol. The lowest BCUT2D eigenvalue weighted by Gasteiger charge is -2.31. The number of piperidine rings is 1. The van der Waals surface area contributed by atoms with Crippen LogP contribution in [0, 0.1) is 5.92 Å². The minimum Gasteiger partial charge on any atom is -0.494 e. The summed E-state index contributed by atoms with van der Waals surface area (Å²) in [6.07, 6.45) is 4.86. The van der Waals surface area contributed by atoms with Crippen LogP contribution in [0.4, 0.5) is 0 Å². The summed E-state index contributed by atoms with van der Waals surface area (Å²) in [7, 11) is 0. The Kier molecular flexibility index (Phi) is 6.42. The van der Waals surface area contributed by atoms with Gasteiger partial charge in [0.2, 0.25) is 5.89 Å². The van der Waals surface area contributed by atoms with Gasteiger partial charge in [0.05, 0.1) is 19.7 Å². The van der Waals surface area contributed by atoms with Crippen molar-refractivity contribution in [1.29, 1.82) is 0 Å². The smallest absolute Gasteiger partial charge is 0.240 e. The van der Waals surface area contributed by atoms with Crippen LogP contribution in [0.25, 0.3) is 0 Å². The Hall–Kier alpha value is -1.92. The summed E-state index contributed by atoms with van der Waals surface area (Å²) >= 11 is 0. The molecule has 1 fully saturated rings. The molecule has 6 heteroatoms. The molecule has 3 rings (SSSR count). The highest BCUT2D eigenvalue weighted by atomic mass is 16.5. The number of nitrogens with two attached hydrogens (primary N) is 1. The molecule has 2 heterocycles. The molecule has 0 unspecified atom stereocenters. The van der Waals surface area contributed by atoms with Crippen molar-refractivity contribution in [3.63, 3.8) is 0 Å². The SMILES string of the molecule is CCOc1ccc(CCC2CCN(Cc3noc(CN)n3)CC2)cc1. The van der Waals surface area contributed by atoms with E-state index in [-0.39, 0.29) is 0 Å². The van der Waals surface area contributed by atoms with Gasteiger partial charge in [0.15, 0.2) is 5.82 Å². The Bertz CT molecular complexity index is 633. The van der Waals surface area contributed by atoms with Crippen LogP contribution in [-0.4, -0.2) is 34.7 Å². The molecule has 1 aliphatic heterocycles. The van der Waals surface area contributed by atoms with Crippen LogP contribution in [0.2, 0.25) is 0 Å². The Morgan fingerprint density at radius 1 is 1.24 bits per heavy atom. The maximum absolute atomic E-state index is 5.50. The number of hydrogen-bond donors (Lipinski definition) is 1. The highest BCUT2D eigenvalue weighted by Gasteiger charge is 2.20. The number of rotatable bonds is 8. The predicted molar refractivity (Wildman–Crippen MR) is 96.1 cm³/mol. The van der Waals surface area contributed by atoms with Gasteiger partial charge in [-0.15, -0.1) is 0 Å². The molecule has 1 saturated heterocycles. The van der Waals surface area contributed by atoms with Crippen molar-refractivity contribution in [2.75, 3.05) is 19.7 Å². The van der Waals surface area contributed by atoms with E-state index in [1.165, 1.54) is 24.8 Å². The van der Waals surface area contributed by atoms with E-state index in [1.807, 2.05) is 6.92 Å². The molecule has 0 atom stereocenters. The predicted octanol–water partition coefficient (Wildman–Crippen LogP) is 2.77. The second kappa shape index (κ2) is 8.97. The average Bonchev–Trinajstić information content (AvgIpc) is 3.10. The molecular formula is C19H28N4O2. The molecule has 0 spiro atoms. The van der Waals surface area contributed by atoms with Crippen molar-refractivity contribution in [3.05, 3.63) is 41.5 Å². The number of nitrogens with zero attached hydrogens (tertiary/aromatic N) is 3. The fourth-order valence-corrected chi connectivity index (χ4v) is 3.36. The maximum Gasteiger partial charge on any atom is 0.240 e. The van der Waals surface area contributed by atoms with Crippen LogP contribution in [0.15, 0.2) is 28.8 Å². The fourth-order valence-electron chi connectivity index (χ4n) is 3.36. The summed E-state index contributed by atoms with van der Waals surface area (Å²) in [4.78, 5) is 6.68. The van der Waals surface area contributed by atoms with Gasteiger partial charge < -0.3 is 15.0 Å². The zero-order valence-electron chi connectivity index (χ0n) is 15.0. The maximum atomic E-state index is 5.50. The largest absolute Gasteiger partial charge is 0.494 e. The van der Waals surface area contributed by atoms with Crippen LogP contribution < -0.4 is 10.5 Å². The van der Waals surface area contributed by atoms with Gasteiger partial charge in [0.1, 0.15) is 5.75 Å². The molecule has 25 heavy (non-hydrogen) atoms. The molecule has 1 aliphatic rings. The highest BCUT2D eigenvalue weighted by molar-refractivity contribution is 5.27. The summed E-state index contributed by atoms with van der Waals surface area (Å²) in [6.45, 7) is 5.99. The number of hydrogen-bond acceptors (Lipinski definition) is 6. The zero-order valence-corrected chi connectivity index (χ0v) is 15.0. The summed E-state index contributed by atoms with van der Waals surface area (Å²) in [6, 6.07) is 8.51. The first-order chi connectivity index (χ1) is 12.3. The number of ether oxygens (including phenoxy) is 1. The molecule has 0 saturated carbocycles. The summed E-state index contributed by atoms with van der Waals surface area (Å²) in [5.41, 5.74) is 6.90. The van der Waals surface area contributed by atoms with Gasteiger partial charge in [-0.05, 0) is 69.3 Å². The van der Waals surface area contributed by atoms with Crippen LogP contribution in [0.3, 0.4) is 0 Å². The van der Waals surface area contributed by atoms with Crippen molar-refractivity contribution in [1.82, 2.24) is 15.0 Å². The second-order valence-corrected chi connectivity index (χ2v) is 6.64. The van der Waals surface area contributed by atoms with Crippen LogP contribution >= 0.6 is 0 Å².